The lowest BCUT2D eigenvalue weighted by atomic mass is 10.2. The third kappa shape index (κ3) is 3.29. The molecule has 0 bridgehead atoms. The number of nitrogens with one attached hydrogen (secondary N) is 1. The Morgan fingerprint density at radius 2 is 2.06 bits per heavy atom. The predicted octanol–water partition coefficient (Wildman–Crippen LogP) is -0.0541. The molecule has 1 rings (SSSR count). The first-order valence-corrected chi connectivity index (χ1v) is 6.52. The van der Waals surface area contributed by atoms with Gasteiger partial charge in [0.05, 0.1) is 0 Å². The molecule has 0 aromatic rings. The molecule has 1 aliphatic heterocycles. The maximum absolute atomic E-state index is 11.7. The Hall–Kier alpha value is -0.920. The second-order valence-electron chi connectivity index (χ2n) is 3.64. The van der Waals surface area contributed by atoms with Gasteiger partial charge in [0.2, 0.25) is 0 Å². The summed E-state index contributed by atoms with van der Waals surface area (Å²) in [4.78, 5) is 10.8. The molecule has 2 N–H and O–H groups in total. The van der Waals surface area contributed by atoms with Crippen molar-refractivity contribution in [3.05, 3.63) is 12.7 Å². The minimum atomic E-state index is -3.67. The molecule has 1 heterocycles. The summed E-state index contributed by atoms with van der Waals surface area (Å²) in [5.41, 5.74) is 0. The molecule has 0 saturated carbocycles. The standard InChI is InChI=1S/C9H16N2O4S/c1-2-5-8(9(12)13)10-16(14,15)11-6-3-4-7-11/h2,8,10H,1,3-7H2,(H,12,13). The van der Waals surface area contributed by atoms with Gasteiger partial charge in [-0.2, -0.15) is 17.4 Å². The van der Waals surface area contributed by atoms with Crippen LogP contribution in [0.2, 0.25) is 0 Å². The number of carboxylic acids is 1. The monoisotopic (exact) mass is 248 g/mol. The lowest BCUT2D eigenvalue weighted by molar-refractivity contribution is -0.138. The van der Waals surface area contributed by atoms with Crippen LogP contribution in [0.25, 0.3) is 0 Å². The summed E-state index contributed by atoms with van der Waals surface area (Å²) in [5, 5.41) is 8.82. The molecule has 1 unspecified atom stereocenters. The maximum Gasteiger partial charge on any atom is 0.322 e. The predicted molar refractivity (Wildman–Crippen MR) is 59.1 cm³/mol. The molecule has 16 heavy (non-hydrogen) atoms. The summed E-state index contributed by atoms with van der Waals surface area (Å²) in [7, 11) is -3.67. The average molecular weight is 248 g/mol. The molecule has 0 amide bonds. The van der Waals surface area contributed by atoms with Crippen molar-refractivity contribution in [3.63, 3.8) is 0 Å². The third-order valence-electron chi connectivity index (χ3n) is 2.40. The zero-order valence-electron chi connectivity index (χ0n) is 8.92. The first kappa shape index (κ1) is 13.1. The Morgan fingerprint density at radius 1 is 1.50 bits per heavy atom. The molecule has 0 aromatic carbocycles. The molecular formula is C9H16N2O4S. The topological polar surface area (TPSA) is 86.7 Å². The van der Waals surface area contributed by atoms with Crippen LogP contribution < -0.4 is 4.72 Å². The Kier molecular flexibility index (Phi) is 4.45. The minimum Gasteiger partial charge on any atom is -0.480 e. The number of nitrogens with zero attached hydrogens (tertiary/aromatic N) is 1. The van der Waals surface area contributed by atoms with Gasteiger partial charge in [-0.15, -0.1) is 6.58 Å². The van der Waals surface area contributed by atoms with Crippen LogP contribution in [0.15, 0.2) is 12.7 Å². The van der Waals surface area contributed by atoms with E-state index in [1.54, 1.807) is 0 Å². The Balaban J connectivity index is 2.68. The van der Waals surface area contributed by atoms with Crippen molar-refractivity contribution in [1.29, 1.82) is 0 Å². The quantitative estimate of drug-likeness (QED) is 0.645. The van der Waals surface area contributed by atoms with E-state index in [1.807, 2.05) is 0 Å². The van der Waals surface area contributed by atoms with Gasteiger partial charge >= 0.3 is 5.97 Å². The Labute approximate surface area is 95.1 Å². The molecule has 1 fully saturated rings. The van der Waals surface area contributed by atoms with Gasteiger partial charge in [0, 0.05) is 13.1 Å². The van der Waals surface area contributed by atoms with Crippen LogP contribution >= 0.6 is 0 Å². The van der Waals surface area contributed by atoms with Crippen molar-refractivity contribution in [2.45, 2.75) is 25.3 Å². The Bertz CT molecular complexity index is 360. The van der Waals surface area contributed by atoms with E-state index in [9.17, 15) is 13.2 Å². The van der Waals surface area contributed by atoms with Crippen LogP contribution in [-0.4, -0.2) is 42.9 Å². The number of carbonyl (C=O) groups is 1. The summed E-state index contributed by atoms with van der Waals surface area (Å²) in [5.74, 6) is -1.19. The van der Waals surface area contributed by atoms with E-state index in [4.69, 9.17) is 5.11 Å². The number of aliphatic carboxylic acids is 1. The first-order chi connectivity index (χ1) is 7.47. The van der Waals surface area contributed by atoms with Gasteiger partial charge in [-0.25, -0.2) is 0 Å². The SMILES string of the molecule is C=CCC(NS(=O)(=O)N1CCCC1)C(=O)O. The van der Waals surface area contributed by atoms with Gasteiger partial charge < -0.3 is 5.11 Å². The normalized spacial score (nSPS) is 19.5. The molecule has 1 saturated heterocycles. The molecule has 0 spiro atoms. The highest BCUT2D eigenvalue weighted by Gasteiger charge is 2.29. The fourth-order valence-corrected chi connectivity index (χ4v) is 2.99. The van der Waals surface area contributed by atoms with E-state index in [0.717, 1.165) is 12.8 Å². The molecule has 1 aliphatic rings. The highest BCUT2D eigenvalue weighted by molar-refractivity contribution is 7.87. The van der Waals surface area contributed by atoms with Crippen LogP contribution in [-0.2, 0) is 15.0 Å². The lowest BCUT2D eigenvalue weighted by Crippen LogP contribution is -2.47. The van der Waals surface area contributed by atoms with E-state index in [-0.39, 0.29) is 6.42 Å². The number of rotatable bonds is 6. The van der Waals surface area contributed by atoms with Crippen molar-refractivity contribution < 1.29 is 18.3 Å². The zero-order chi connectivity index (χ0) is 12.2. The summed E-state index contributed by atoms with van der Waals surface area (Å²) < 4.78 is 26.9. The van der Waals surface area contributed by atoms with Gasteiger partial charge in [0.15, 0.2) is 0 Å². The van der Waals surface area contributed by atoms with Crippen LogP contribution in [0, 0.1) is 0 Å². The summed E-state index contributed by atoms with van der Waals surface area (Å²) >= 11 is 0. The van der Waals surface area contributed by atoms with Gasteiger partial charge in [-0.05, 0) is 19.3 Å². The maximum atomic E-state index is 11.7. The van der Waals surface area contributed by atoms with E-state index < -0.39 is 22.2 Å². The van der Waals surface area contributed by atoms with E-state index >= 15 is 0 Å². The van der Waals surface area contributed by atoms with Crippen molar-refractivity contribution in [2.75, 3.05) is 13.1 Å². The fraction of sp³-hybridized carbons (Fsp3) is 0.667. The lowest BCUT2D eigenvalue weighted by Gasteiger charge is -2.19. The van der Waals surface area contributed by atoms with E-state index in [2.05, 4.69) is 11.3 Å². The van der Waals surface area contributed by atoms with Crippen LogP contribution in [0.1, 0.15) is 19.3 Å². The third-order valence-corrected chi connectivity index (χ3v) is 4.02. The van der Waals surface area contributed by atoms with Gasteiger partial charge in [0.25, 0.3) is 10.2 Å². The smallest absolute Gasteiger partial charge is 0.322 e. The van der Waals surface area contributed by atoms with Gasteiger partial charge in [-0.3, -0.25) is 4.79 Å². The first-order valence-electron chi connectivity index (χ1n) is 5.08. The summed E-state index contributed by atoms with van der Waals surface area (Å²) in [6.45, 7) is 4.31. The molecular weight excluding hydrogens is 232 g/mol. The number of carboxylic acid groups (broad SMARTS) is 1. The second kappa shape index (κ2) is 5.42. The molecule has 7 heteroatoms. The molecule has 0 aliphatic carbocycles. The molecule has 6 nitrogen and oxygen atoms in total. The average Bonchev–Trinajstić information content (AvgIpc) is 2.69. The molecule has 1 atom stereocenters. The van der Waals surface area contributed by atoms with Crippen LogP contribution in [0.3, 0.4) is 0 Å². The molecule has 92 valence electrons. The van der Waals surface area contributed by atoms with Crippen LogP contribution in [0.5, 0.6) is 0 Å². The van der Waals surface area contributed by atoms with Crippen molar-refractivity contribution in [3.8, 4) is 0 Å². The number of hydrogen-bond donors (Lipinski definition) is 2. The van der Waals surface area contributed by atoms with Crippen molar-refractivity contribution >= 4 is 16.2 Å². The zero-order valence-corrected chi connectivity index (χ0v) is 9.74. The summed E-state index contributed by atoms with van der Waals surface area (Å²) in [6.07, 6.45) is 3.09. The molecule has 0 aromatic heterocycles. The van der Waals surface area contributed by atoms with Crippen molar-refractivity contribution in [1.82, 2.24) is 9.03 Å². The summed E-state index contributed by atoms with van der Waals surface area (Å²) in [6, 6.07) is -1.14. The van der Waals surface area contributed by atoms with Gasteiger partial charge in [0.1, 0.15) is 6.04 Å². The van der Waals surface area contributed by atoms with Crippen molar-refractivity contribution in [2.24, 2.45) is 0 Å². The highest BCUT2D eigenvalue weighted by Crippen LogP contribution is 2.12. The van der Waals surface area contributed by atoms with Gasteiger partial charge in [-0.1, -0.05) is 6.08 Å². The van der Waals surface area contributed by atoms with E-state index in [0.29, 0.717) is 13.1 Å². The minimum absolute atomic E-state index is 0.0718. The molecule has 0 radical (unpaired) electrons. The van der Waals surface area contributed by atoms with E-state index in [1.165, 1.54) is 10.4 Å². The largest absolute Gasteiger partial charge is 0.480 e. The fourth-order valence-electron chi connectivity index (χ4n) is 1.55. The second-order valence-corrected chi connectivity index (χ2v) is 5.35. The number of hydrogen-bond acceptors (Lipinski definition) is 3. The Morgan fingerprint density at radius 3 is 2.50 bits per heavy atom. The van der Waals surface area contributed by atoms with Crippen LogP contribution in [0.4, 0.5) is 0 Å². The highest BCUT2D eigenvalue weighted by atomic mass is 32.2.